The van der Waals surface area contributed by atoms with Crippen molar-refractivity contribution in [3.8, 4) is 11.4 Å². The van der Waals surface area contributed by atoms with Crippen LogP contribution in [-0.2, 0) is 5.75 Å². The summed E-state index contributed by atoms with van der Waals surface area (Å²) in [5.74, 6) is 1.90. The number of thioether (sulfide) groups is 1. The topological polar surface area (TPSA) is 132 Å². The molecule has 9 heteroatoms. The molecule has 0 aliphatic carbocycles. The number of aromatic nitrogens is 6. The third kappa shape index (κ3) is 3.31. The first-order valence-electron chi connectivity index (χ1n) is 6.48. The average Bonchev–Trinajstić information content (AvgIpc) is 2.94. The number of hydrogen-bond donors (Lipinski definition) is 3. The van der Waals surface area contributed by atoms with E-state index in [1.54, 1.807) is 0 Å². The van der Waals surface area contributed by atoms with E-state index in [9.17, 15) is 0 Å². The van der Waals surface area contributed by atoms with Gasteiger partial charge in [-0.3, -0.25) is 5.10 Å². The van der Waals surface area contributed by atoms with Gasteiger partial charge in [-0.15, -0.1) is 5.10 Å². The molecular weight excluding hydrogens is 300 g/mol. The minimum atomic E-state index is 0.110. The molecule has 1 aromatic carbocycles. The number of nitrogen functional groups attached to an aromatic ring is 2. The van der Waals surface area contributed by atoms with Crippen molar-refractivity contribution in [2.45, 2.75) is 17.8 Å². The van der Waals surface area contributed by atoms with Crippen LogP contribution in [0.1, 0.15) is 11.4 Å². The molecule has 0 atom stereocenters. The lowest BCUT2D eigenvalue weighted by Crippen LogP contribution is -2.05. The summed E-state index contributed by atoms with van der Waals surface area (Å²) in [6, 6.07) is 8.05. The number of nitrogens with one attached hydrogen (secondary N) is 1. The van der Waals surface area contributed by atoms with Gasteiger partial charge in [0.2, 0.25) is 17.1 Å². The van der Waals surface area contributed by atoms with Gasteiger partial charge in [-0.05, 0) is 6.92 Å². The molecule has 0 radical (unpaired) electrons. The van der Waals surface area contributed by atoms with Crippen molar-refractivity contribution in [3.05, 3.63) is 35.7 Å². The van der Waals surface area contributed by atoms with Crippen LogP contribution < -0.4 is 11.5 Å². The van der Waals surface area contributed by atoms with Gasteiger partial charge in [0.25, 0.3) is 0 Å². The van der Waals surface area contributed by atoms with E-state index in [1.807, 2.05) is 31.2 Å². The fourth-order valence-corrected chi connectivity index (χ4v) is 2.46. The molecule has 2 aromatic heterocycles. The molecule has 112 valence electrons. The zero-order chi connectivity index (χ0) is 15.5. The van der Waals surface area contributed by atoms with Gasteiger partial charge >= 0.3 is 0 Å². The minimum Gasteiger partial charge on any atom is -0.368 e. The molecule has 0 saturated heterocycles. The van der Waals surface area contributed by atoms with Crippen LogP contribution in [0.15, 0.2) is 29.4 Å². The van der Waals surface area contributed by atoms with Gasteiger partial charge in [0, 0.05) is 5.56 Å². The first-order valence-corrected chi connectivity index (χ1v) is 7.47. The van der Waals surface area contributed by atoms with Crippen LogP contribution in [0.5, 0.6) is 0 Å². The third-order valence-corrected chi connectivity index (χ3v) is 3.68. The van der Waals surface area contributed by atoms with Gasteiger partial charge in [-0.1, -0.05) is 41.6 Å². The number of benzene rings is 1. The Bertz CT molecular complexity index is 763. The van der Waals surface area contributed by atoms with Crippen LogP contribution in [0, 0.1) is 6.92 Å². The first-order chi connectivity index (χ1) is 10.6. The normalized spacial score (nSPS) is 10.8. The number of anilines is 2. The van der Waals surface area contributed by atoms with Crippen LogP contribution in [0.4, 0.5) is 11.9 Å². The molecule has 3 rings (SSSR count). The highest BCUT2D eigenvalue weighted by molar-refractivity contribution is 7.98. The summed E-state index contributed by atoms with van der Waals surface area (Å²) in [5.41, 5.74) is 13.2. The Kier molecular flexibility index (Phi) is 3.88. The lowest BCUT2D eigenvalue weighted by atomic mass is 10.1. The van der Waals surface area contributed by atoms with Crippen molar-refractivity contribution in [3.63, 3.8) is 0 Å². The first kappa shape index (κ1) is 14.3. The molecule has 0 amide bonds. The maximum Gasteiger partial charge on any atom is 0.225 e. The predicted octanol–water partition coefficient (Wildman–Crippen LogP) is 1.42. The van der Waals surface area contributed by atoms with Crippen molar-refractivity contribution in [2.75, 3.05) is 11.5 Å². The van der Waals surface area contributed by atoms with E-state index < -0.39 is 0 Å². The molecule has 8 nitrogen and oxygen atoms in total. The Morgan fingerprint density at radius 2 is 1.68 bits per heavy atom. The Hall–Kier alpha value is -2.68. The van der Waals surface area contributed by atoms with E-state index in [4.69, 9.17) is 11.5 Å². The number of aryl methyl sites for hydroxylation is 1. The number of H-pyrrole nitrogens is 1. The second kappa shape index (κ2) is 5.98. The lowest BCUT2D eigenvalue weighted by Gasteiger charge is -1.99. The molecule has 2 heterocycles. The largest absolute Gasteiger partial charge is 0.368 e. The molecule has 5 N–H and O–H groups in total. The van der Waals surface area contributed by atoms with E-state index in [0.29, 0.717) is 16.7 Å². The molecular formula is C13H14N8S. The summed E-state index contributed by atoms with van der Waals surface area (Å²) in [7, 11) is 0. The number of aromatic amines is 1. The van der Waals surface area contributed by atoms with Crippen LogP contribution in [-0.4, -0.2) is 30.1 Å². The highest BCUT2D eigenvalue weighted by Gasteiger charge is 2.08. The number of rotatable bonds is 4. The maximum atomic E-state index is 5.53. The second-order valence-electron chi connectivity index (χ2n) is 4.59. The van der Waals surface area contributed by atoms with Gasteiger partial charge in [-0.2, -0.15) is 15.0 Å². The van der Waals surface area contributed by atoms with Gasteiger partial charge in [0.1, 0.15) is 5.82 Å². The summed E-state index contributed by atoms with van der Waals surface area (Å²) >= 11 is 1.39. The van der Waals surface area contributed by atoms with Crippen LogP contribution in [0.2, 0.25) is 0 Å². The zero-order valence-corrected chi connectivity index (χ0v) is 12.6. The van der Waals surface area contributed by atoms with Crippen LogP contribution in [0.25, 0.3) is 11.4 Å². The van der Waals surface area contributed by atoms with Crippen LogP contribution in [0.3, 0.4) is 0 Å². The van der Waals surface area contributed by atoms with Gasteiger partial charge in [0.15, 0.2) is 5.82 Å². The molecule has 0 unspecified atom stereocenters. The summed E-state index contributed by atoms with van der Waals surface area (Å²) in [4.78, 5) is 16.2. The van der Waals surface area contributed by atoms with Crippen molar-refractivity contribution in [1.82, 2.24) is 30.1 Å². The van der Waals surface area contributed by atoms with Crippen molar-refractivity contribution >= 4 is 23.7 Å². The number of nitrogens with zero attached hydrogens (tertiary/aromatic N) is 5. The number of hydrogen-bond acceptors (Lipinski definition) is 8. The van der Waals surface area contributed by atoms with Crippen molar-refractivity contribution in [1.29, 1.82) is 0 Å². The molecule has 0 aliphatic rings. The third-order valence-electron chi connectivity index (χ3n) is 2.84. The monoisotopic (exact) mass is 314 g/mol. The van der Waals surface area contributed by atoms with Crippen LogP contribution >= 0.6 is 11.8 Å². The standard InChI is InChI=1S/C13H14N8S/c1-7-2-4-8(5-3-7)10-18-13(21-20-10)22-6-9-16-11(14)19-12(15)17-9/h2-5H,6H2,1H3,(H,18,20,21)(H4,14,15,16,17,19). The Balaban J connectivity index is 1.70. The quantitative estimate of drug-likeness (QED) is 0.616. The summed E-state index contributed by atoms with van der Waals surface area (Å²) in [6.07, 6.45) is 0. The average molecular weight is 314 g/mol. The molecule has 0 fully saturated rings. The molecule has 0 saturated carbocycles. The SMILES string of the molecule is Cc1ccc(-c2nc(SCc3nc(N)nc(N)n3)n[nH]2)cc1. The van der Waals surface area contributed by atoms with Gasteiger partial charge in [-0.25, -0.2) is 4.98 Å². The smallest absolute Gasteiger partial charge is 0.225 e. The molecule has 3 aromatic rings. The fourth-order valence-electron chi connectivity index (χ4n) is 1.80. The summed E-state index contributed by atoms with van der Waals surface area (Å²) < 4.78 is 0. The molecule has 22 heavy (non-hydrogen) atoms. The Labute approximate surface area is 130 Å². The van der Waals surface area contributed by atoms with E-state index in [2.05, 4.69) is 30.1 Å². The predicted molar refractivity (Wildman–Crippen MR) is 84.8 cm³/mol. The van der Waals surface area contributed by atoms with E-state index >= 15 is 0 Å². The summed E-state index contributed by atoms with van der Waals surface area (Å²) in [6.45, 7) is 2.04. The number of nitrogens with two attached hydrogens (primary N) is 2. The second-order valence-corrected chi connectivity index (χ2v) is 5.53. The van der Waals surface area contributed by atoms with Crippen molar-refractivity contribution < 1.29 is 0 Å². The van der Waals surface area contributed by atoms with E-state index in [1.165, 1.54) is 17.3 Å². The molecule has 0 bridgehead atoms. The fraction of sp³-hybridized carbons (Fsp3) is 0.154. The molecule has 0 spiro atoms. The Morgan fingerprint density at radius 1 is 1.00 bits per heavy atom. The minimum absolute atomic E-state index is 0.110. The maximum absolute atomic E-state index is 5.53. The van der Waals surface area contributed by atoms with Gasteiger partial charge < -0.3 is 11.5 Å². The highest BCUT2D eigenvalue weighted by Crippen LogP contribution is 2.21. The molecule has 0 aliphatic heterocycles. The van der Waals surface area contributed by atoms with E-state index in [-0.39, 0.29) is 11.9 Å². The summed E-state index contributed by atoms with van der Waals surface area (Å²) in [5, 5.41) is 7.69. The van der Waals surface area contributed by atoms with E-state index in [0.717, 1.165) is 11.4 Å². The van der Waals surface area contributed by atoms with Gasteiger partial charge in [0.05, 0.1) is 5.75 Å². The Morgan fingerprint density at radius 3 is 2.36 bits per heavy atom. The van der Waals surface area contributed by atoms with Crippen molar-refractivity contribution in [2.24, 2.45) is 0 Å². The lowest BCUT2D eigenvalue weighted by molar-refractivity contribution is 0.957. The zero-order valence-electron chi connectivity index (χ0n) is 11.8. The highest BCUT2D eigenvalue weighted by atomic mass is 32.2.